The minimum absolute atomic E-state index is 0.285. The van der Waals surface area contributed by atoms with Gasteiger partial charge in [0.1, 0.15) is 0 Å². The maximum atomic E-state index is 12.8. The summed E-state index contributed by atoms with van der Waals surface area (Å²) in [5, 5.41) is 5.24. The van der Waals surface area contributed by atoms with Crippen molar-refractivity contribution < 1.29 is 14.2 Å². The fourth-order valence-electron chi connectivity index (χ4n) is 2.95. The second kappa shape index (κ2) is 8.14. The van der Waals surface area contributed by atoms with E-state index in [-0.39, 0.29) is 5.56 Å². The zero-order chi connectivity index (χ0) is 21.4. The van der Waals surface area contributed by atoms with Gasteiger partial charge in [-0.25, -0.2) is 0 Å². The van der Waals surface area contributed by atoms with E-state index in [9.17, 15) is 4.79 Å². The van der Waals surface area contributed by atoms with E-state index in [4.69, 9.17) is 37.4 Å². The van der Waals surface area contributed by atoms with E-state index in [2.05, 4.69) is 10.1 Å². The van der Waals surface area contributed by atoms with Crippen molar-refractivity contribution in [3.05, 3.63) is 60.8 Å². The van der Waals surface area contributed by atoms with Crippen molar-refractivity contribution in [3.8, 4) is 28.6 Å². The average molecular weight is 464 g/mol. The Morgan fingerprint density at radius 3 is 2.30 bits per heavy atom. The van der Waals surface area contributed by atoms with Crippen molar-refractivity contribution in [3.63, 3.8) is 0 Å². The van der Waals surface area contributed by atoms with Crippen LogP contribution in [0.5, 0.6) is 17.2 Å². The highest BCUT2D eigenvalue weighted by Crippen LogP contribution is 2.38. The first-order valence-electron chi connectivity index (χ1n) is 8.62. The number of halogens is 2. The Hall–Kier alpha value is -2.81. The van der Waals surface area contributed by atoms with Gasteiger partial charge in [0.25, 0.3) is 5.56 Å². The zero-order valence-electron chi connectivity index (χ0n) is 16.1. The molecule has 0 aliphatic heterocycles. The van der Waals surface area contributed by atoms with Crippen LogP contribution in [0.3, 0.4) is 0 Å². The third-order valence-corrected chi connectivity index (χ3v) is 5.85. The van der Waals surface area contributed by atoms with Gasteiger partial charge in [0.05, 0.1) is 30.9 Å². The highest BCUT2D eigenvalue weighted by Gasteiger charge is 2.16. The molecule has 0 saturated carbocycles. The van der Waals surface area contributed by atoms with E-state index in [1.165, 1.54) is 37.2 Å². The predicted octanol–water partition coefficient (Wildman–Crippen LogP) is 3.70. The Morgan fingerprint density at radius 1 is 1.03 bits per heavy atom. The van der Waals surface area contributed by atoms with Crippen LogP contribution in [0.1, 0.15) is 5.56 Å². The highest BCUT2D eigenvalue weighted by molar-refractivity contribution is 7.15. The van der Waals surface area contributed by atoms with Gasteiger partial charge in [0.15, 0.2) is 17.3 Å². The summed E-state index contributed by atoms with van der Waals surface area (Å²) in [4.78, 5) is 17.7. The number of hydrogen-bond donors (Lipinski definition) is 0. The molecular weight excluding hydrogens is 449 g/mol. The third-order valence-electron chi connectivity index (χ3n) is 4.34. The van der Waals surface area contributed by atoms with Crippen LogP contribution in [0.2, 0.25) is 10.0 Å². The second-order valence-electron chi connectivity index (χ2n) is 6.13. The van der Waals surface area contributed by atoms with Gasteiger partial charge in [0, 0.05) is 10.6 Å². The molecule has 7 nitrogen and oxygen atoms in total. The SMILES string of the molecule is COc1cc(/C=c2\sc3nc(-c4ccc(Cl)cc4Cl)nn3c2=O)cc(OC)c1OC. The number of rotatable bonds is 5. The first-order valence-corrected chi connectivity index (χ1v) is 10.2. The molecule has 0 aliphatic rings. The van der Waals surface area contributed by atoms with E-state index in [0.29, 0.717) is 53.7 Å². The largest absolute Gasteiger partial charge is 0.493 e. The van der Waals surface area contributed by atoms with Crippen molar-refractivity contribution in [1.29, 1.82) is 0 Å². The molecule has 30 heavy (non-hydrogen) atoms. The van der Waals surface area contributed by atoms with Gasteiger partial charge in [-0.3, -0.25) is 4.79 Å². The monoisotopic (exact) mass is 463 g/mol. The van der Waals surface area contributed by atoms with Crippen LogP contribution < -0.4 is 24.3 Å². The maximum absolute atomic E-state index is 12.8. The second-order valence-corrected chi connectivity index (χ2v) is 7.98. The molecule has 0 bridgehead atoms. The molecule has 2 aromatic carbocycles. The number of methoxy groups -OCH3 is 3. The fourth-order valence-corrected chi connectivity index (χ4v) is 4.36. The molecule has 2 heterocycles. The maximum Gasteiger partial charge on any atom is 0.291 e. The minimum atomic E-state index is -0.285. The topological polar surface area (TPSA) is 75.0 Å². The number of aromatic nitrogens is 3. The highest BCUT2D eigenvalue weighted by atomic mass is 35.5. The molecule has 0 unspecified atom stereocenters. The van der Waals surface area contributed by atoms with Crippen molar-refractivity contribution in [2.45, 2.75) is 0 Å². The van der Waals surface area contributed by atoms with Crippen molar-refractivity contribution >= 4 is 45.6 Å². The Kier molecular flexibility index (Phi) is 5.55. The first-order chi connectivity index (χ1) is 14.4. The summed E-state index contributed by atoms with van der Waals surface area (Å²) < 4.78 is 17.8. The molecule has 4 rings (SSSR count). The smallest absolute Gasteiger partial charge is 0.291 e. The molecule has 0 amide bonds. The number of thiazole rings is 1. The molecular formula is C20H15Cl2N3O4S. The van der Waals surface area contributed by atoms with Crippen LogP contribution in [-0.4, -0.2) is 35.9 Å². The summed E-state index contributed by atoms with van der Waals surface area (Å²) in [6, 6.07) is 8.54. The molecule has 0 aliphatic carbocycles. The molecule has 4 aromatic rings. The summed E-state index contributed by atoms with van der Waals surface area (Å²) in [7, 11) is 4.60. The van der Waals surface area contributed by atoms with Gasteiger partial charge in [-0.2, -0.15) is 9.50 Å². The van der Waals surface area contributed by atoms with Gasteiger partial charge in [-0.1, -0.05) is 34.5 Å². The molecule has 0 radical (unpaired) electrons. The Labute approximate surface area is 185 Å². The summed E-state index contributed by atoms with van der Waals surface area (Å²) in [5.41, 5.74) is 1.03. The van der Waals surface area contributed by atoms with Crippen LogP contribution in [-0.2, 0) is 0 Å². The van der Waals surface area contributed by atoms with E-state index >= 15 is 0 Å². The Morgan fingerprint density at radius 2 is 1.73 bits per heavy atom. The quantitative estimate of drug-likeness (QED) is 0.449. The normalized spacial score (nSPS) is 11.8. The fraction of sp³-hybridized carbons (Fsp3) is 0.150. The summed E-state index contributed by atoms with van der Waals surface area (Å²) in [6.45, 7) is 0. The molecule has 2 aromatic heterocycles. The van der Waals surface area contributed by atoms with Crippen molar-refractivity contribution in [2.24, 2.45) is 0 Å². The van der Waals surface area contributed by atoms with E-state index in [1.54, 1.807) is 36.4 Å². The van der Waals surface area contributed by atoms with Crippen LogP contribution in [0, 0.1) is 0 Å². The van der Waals surface area contributed by atoms with Gasteiger partial charge in [0.2, 0.25) is 10.7 Å². The lowest BCUT2D eigenvalue weighted by molar-refractivity contribution is 0.324. The third kappa shape index (κ3) is 3.58. The summed E-state index contributed by atoms with van der Waals surface area (Å²) in [6.07, 6.45) is 1.72. The van der Waals surface area contributed by atoms with E-state index in [0.717, 1.165) is 0 Å². The van der Waals surface area contributed by atoms with Gasteiger partial charge < -0.3 is 14.2 Å². The number of benzene rings is 2. The van der Waals surface area contributed by atoms with Gasteiger partial charge >= 0.3 is 0 Å². The Bertz CT molecular complexity index is 1340. The van der Waals surface area contributed by atoms with Crippen LogP contribution >= 0.6 is 34.5 Å². The van der Waals surface area contributed by atoms with Crippen molar-refractivity contribution in [2.75, 3.05) is 21.3 Å². The summed E-state index contributed by atoms with van der Waals surface area (Å²) >= 11 is 13.4. The van der Waals surface area contributed by atoms with Crippen LogP contribution in [0.15, 0.2) is 35.1 Å². The Balaban J connectivity index is 1.81. The molecule has 154 valence electrons. The number of nitrogens with zero attached hydrogens (tertiary/aromatic N) is 3. The van der Waals surface area contributed by atoms with Gasteiger partial charge in [-0.15, -0.1) is 5.10 Å². The number of hydrogen-bond acceptors (Lipinski definition) is 7. The zero-order valence-corrected chi connectivity index (χ0v) is 18.4. The van der Waals surface area contributed by atoms with Gasteiger partial charge in [-0.05, 0) is 42.0 Å². The van der Waals surface area contributed by atoms with Crippen molar-refractivity contribution in [1.82, 2.24) is 14.6 Å². The number of ether oxygens (including phenoxy) is 3. The molecule has 0 saturated heterocycles. The molecule has 10 heteroatoms. The standard InChI is InChI=1S/C20H15Cl2N3O4S/c1-27-14-6-10(7-15(28-2)17(14)29-3)8-16-19(26)25-20(30-16)23-18(24-25)12-5-4-11(21)9-13(12)22/h4-9H,1-3H3/b16-8-. The van der Waals surface area contributed by atoms with Crippen LogP contribution in [0.4, 0.5) is 0 Å². The lowest BCUT2D eigenvalue weighted by Crippen LogP contribution is -2.23. The van der Waals surface area contributed by atoms with E-state index < -0.39 is 0 Å². The average Bonchev–Trinajstić information content (AvgIpc) is 3.26. The minimum Gasteiger partial charge on any atom is -0.493 e. The lowest BCUT2D eigenvalue weighted by Gasteiger charge is -2.12. The number of fused-ring (bicyclic) bond motifs is 1. The molecule has 0 fully saturated rings. The predicted molar refractivity (Wildman–Crippen MR) is 117 cm³/mol. The molecule has 0 N–H and O–H groups in total. The lowest BCUT2D eigenvalue weighted by atomic mass is 10.1. The molecule has 0 spiro atoms. The first kappa shape index (κ1) is 20.5. The van der Waals surface area contributed by atoms with Crippen LogP contribution in [0.25, 0.3) is 22.4 Å². The molecule has 0 atom stereocenters. The van der Waals surface area contributed by atoms with E-state index in [1.807, 2.05) is 0 Å². The summed E-state index contributed by atoms with van der Waals surface area (Å²) in [5.74, 6) is 1.83.